The number of amides is 2. The van der Waals surface area contributed by atoms with Gasteiger partial charge in [0.15, 0.2) is 0 Å². The molecule has 178 valence electrons. The number of carbonyl (C=O) groups is 2. The highest BCUT2D eigenvalue weighted by atomic mass is 19.4. The molecule has 3 aliphatic heterocycles. The van der Waals surface area contributed by atoms with E-state index in [1.54, 1.807) is 17.0 Å². The number of rotatable bonds is 3. The number of halogens is 3. The summed E-state index contributed by atoms with van der Waals surface area (Å²) in [5.74, 6) is -0.111. The maximum atomic E-state index is 13.4. The molecule has 3 heterocycles. The first kappa shape index (κ1) is 23.4. The number of likely N-dealkylation sites (tertiary alicyclic amines) is 2. The lowest BCUT2D eigenvalue weighted by Gasteiger charge is -2.43. The van der Waals surface area contributed by atoms with Gasteiger partial charge in [0, 0.05) is 56.8 Å². The first-order valence-corrected chi connectivity index (χ1v) is 11.6. The van der Waals surface area contributed by atoms with Crippen molar-refractivity contribution >= 4 is 17.5 Å². The number of anilines is 1. The van der Waals surface area contributed by atoms with Crippen LogP contribution in [0.25, 0.3) is 0 Å². The summed E-state index contributed by atoms with van der Waals surface area (Å²) >= 11 is 0. The Bertz CT molecular complexity index is 957. The van der Waals surface area contributed by atoms with Crippen LogP contribution < -0.4 is 4.90 Å². The molecule has 3 aliphatic rings. The monoisotopic (exact) mass is 462 g/mol. The van der Waals surface area contributed by atoms with Gasteiger partial charge in [-0.05, 0) is 43.9 Å². The summed E-state index contributed by atoms with van der Waals surface area (Å²) in [6.07, 6.45) is -0.956. The van der Waals surface area contributed by atoms with Gasteiger partial charge in [-0.3, -0.25) is 9.59 Å². The third-order valence-corrected chi connectivity index (χ3v) is 7.57. The minimum Gasteiger partial charge on any atom is -0.371 e. The molecule has 33 heavy (non-hydrogen) atoms. The normalized spacial score (nSPS) is 22.6. The highest BCUT2D eigenvalue weighted by Crippen LogP contribution is 2.47. The Labute approximate surface area is 191 Å². The van der Waals surface area contributed by atoms with Gasteiger partial charge in [0.2, 0.25) is 11.8 Å². The van der Waals surface area contributed by atoms with Crippen molar-refractivity contribution in [1.82, 2.24) is 9.80 Å². The topological polar surface area (TPSA) is 67.7 Å². The fourth-order valence-corrected chi connectivity index (χ4v) is 5.66. The van der Waals surface area contributed by atoms with E-state index in [0.717, 1.165) is 32.0 Å². The summed E-state index contributed by atoms with van der Waals surface area (Å²) in [5.41, 5.74) is -1.23. The maximum Gasteiger partial charge on any atom is 0.417 e. The second-order valence-corrected chi connectivity index (χ2v) is 9.40. The second kappa shape index (κ2) is 8.88. The minimum atomic E-state index is -4.60. The van der Waals surface area contributed by atoms with Gasteiger partial charge >= 0.3 is 6.18 Å². The molecule has 1 aromatic rings. The van der Waals surface area contributed by atoms with Crippen LogP contribution in [0.15, 0.2) is 18.2 Å². The van der Waals surface area contributed by atoms with Crippen molar-refractivity contribution in [3.8, 4) is 6.07 Å². The van der Waals surface area contributed by atoms with Crippen LogP contribution in [-0.4, -0.2) is 60.9 Å². The highest BCUT2D eigenvalue weighted by Gasteiger charge is 2.53. The van der Waals surface area contributed by atoms with Crippen molar-refractivity contribution in [3.05, 3.63) is 29.3 Å². The third-order valence-electron chi connectivity index (χ3n) is 7.57. The maximum absolute atomic E-state index is 13.4. The van der Waals surface area contributed by atoms with Crippen molar-refractivity contribution in [2.24, 2.45) is 11.3 Å². The molecule has 3 saturated heterocycles. The Morgan fingerprint density at radius 1 is 1.12 bits per heavy atom. The van der Waals surface area contributed by atoms with Gasteiger partial charge in [0.25, 0.3) is 0 Å². The average Bonchev–Trinajstić information content (AvgIpc) is 3.47. The van der Waals surface area contributed by atoms with Crippen LogP contribution >= 0.6 is 0 Å². The fraction of sp³-hybridized carbons (Fsp3) is 0.625. The molecule has 0 aromatic heterocycles. The Balaban J connectivity index is 1.55. The molecule has 3 fully saturated rings. The summed E-state index contributed by atoms with van der Waals surface area (Å²) in [5, 5.41) is 9.05. The molecular weight excluding hydrogens is 433 g/mol. The van der Waals surface area contributed by atoms with E-state index in [-0.39, 0.29) is 28.7 Å². The molecule has 1 aromatic carbocycles. The van der Waals surface area contributed by atoms with Gasteiger partial charge in [-0.15, -0.1) is 0 Å². The predicted octanol–water partition coefficient (Wildman–Crippen LogP) is 3.65. The zero-order valence-electron chi connectivity index (χ0n) is 18.8. The van der Waals surface area contributed by atoms with E-state index in [4.69, 9.17) is 5.26 Å². The lowest BCUT2D eigenvalue weighted by molar-refractivity contribution is -0.138. The van der Waals surface area contributed by atoms with Crippen molar-refractivity contribution in [3.63, 3.8) is 0 Å². The second-order valence-electron chi connectivity index (χ2n) is 9.40. The summed E-state index contributed by atoms with van der Waals surface area (Å²) in [6.45, 7) is 5.28. The Kier molecular flexibility index (Phi) is 6.30. The Hall–Kier alpha value is -2.76. The molecule has 0 N–H and O–H groups in total. The van der Waals surface area contributed by atoms with E-state index >= 15 is 0 Å². The number of nitriles is 1. The van der Waals surface area contributed by atoms with Gasteiger partial charge in [-0.2, -0.15) is 18.4 Å². The fourth-order valence-electron chi connectivity index (χ4n) is 5.66. The van der Waals surface area contributed by atoms with Crippen LogP contribution in [0, 0.1) is 22.7 Å². The highest BCUT2D eigenvalue weighted by molar-refractivity contribution is 5.83. The van der Waals surface area contributed by atoms with Crippen LogP contribution in [-0.2, 0) is 15.8 Å². The molecule has 0 saturated carbocycles. The number of hydrogen-bond acceptors (Lipinski definition) is 4. The number of carbonyl (C=O) groups excluding carboxylic acids is 2. The third kappa shape index (κ3) is 4.40. The van der Waals surface area contributed by atoms with E-state index in [2.05, 4.69) is 0 Å². The number of alkyl halides is 3. The van der Waals surface area contributed by atoms with Crippen LogP contribution in [0.5, 0.6) is 0 Å². The standard InChI is InChI=1S/C24H29F3N4O2/c1-2-21(32)31-15-20(22(33)30-9-3-4-10-30)23(16-31)7-11-29(12-8-23)18-6-5-17(14-28)19(13-18)24(25,26)27/h5-6,13,20H,2-4,7-12,15-16H2,1H3. The quantitative estimate of drug-likeness (QED) is 0.688. The van der Waals surface area contributed by atoms with Gasteiger partial charge < -0.3 is 14.7 Å². The van der Waals surface area contributed by atoms with E-state index in [1.807, 2.05) is 16.7 Å². The molecule has 1 atom stereocenters. The Morgan fingerprint density at radius 2 is 1.79 bits per heavy atom. The molecule has 6 nitrogen and oxygen atoms in total. The molecule has 0 radical (unpaired) electrons. The smallest absolute Gasteiger partial charge is 0.371 e. The lowest BCUT2D eigenvalue weighted by Crippen LogP contribution is -2.49. The molecule has 1 unspecified atom stereocenters. The summed E-state index contributed by atoms with van der Waals surface area (Å²) < 4.78 is 40.2. The largest absolute Gasteiger partial charge is 0.417 e. The Morgan fingerprint density at radius 3 is 2.36 bits per heavy atom. The molecule has 1 spiro atoms. The van der Waals surface area contributed by atoms with E-state index in [0.29, 0.717) is 51.1 Å². The summed E-state index contributed by atoms with van der Waals surface area (Å²) in [7, 11) is 0. The first-order chi connectivity index (χ1) is 15.7. The number of piperidine rings is 1. The molecule has 9 heteroatoms. The number of benzene rings is 1. The zero-order valence-corrected chi connectivity index (χ0v) is 18.8. The van der Waals surface area contributed by atoms with E-state index in [1.165, 1.54) is 6.07 Å². The average molecular weight is 463 g/mol. The lowest BCUT2D eigenvalue weighted by atomic mass is 9.70. The van der Waals surface area contributed by atoms with E-state index in [9.17, 15) is 22.8 Å². The number of nitrogens with zero attached hydrogens (tertiary/aromatic N) is 4. The SMILES string of the molecule is CCC(=O)N1CC(C(=O)N2CCCC2)C2(CCN(c3ccc(C#N)c(C(F)(F)F)c3)CC2)C1. The van der Waals surface area contributed by atoms with Crippen LogP contribution in [0.4, 0.5) is 18.9 Å². The summed E-state index contributed by atoms with van der Waals surface area (Å²) in [6, 6.07) is 5.44. The molecule has 2 amide bonds. The van der Waals surface area contributed by atoms with Crippen molar-refractivity contribution in [2.75, 3.05) is 44.2 Å². The van der Waals surface area contributed by atoms with Crippen molar-refractivity contribution in [1.29, 1.82) is 5.26 Å². The molecule has 0 aliphatic carbocycles. The number of hydrogen-bond donors (Lipinski definition) is 0. The first-order valence-electron chi connectivity index (χ1n) is 11.6. The zero-order chi connectivity index (χ0) is 23.8. The molecular formula is C24H29F3N4O2. The molecule has 4 rings (SSSR count). The van der Waals surface area contributed by atoms with E-state index < -0.39 is 11.7 Å². The van der Waals surface area contributed by atoms with Crippen molar-refractivity contribution < 1.29 is 22.8 Å². The van der Waals surface area contributed by atoms with Gasteiger partial charge in [0.1, 0.15) is 0 Å². The van der Waals surface area contributed by atoms with Crippen molar-refractivity contribution in [2.45, 2.75) is 45.2 Å². The van der Waals surface area contributed by atoms with Crippen LogP contribution in [0.2, 0.25) is 0 Å². The van der Waals surface area contributed by atoms with Crippen LogP contribution in [0.3, 0.4) is 0 Å². The van der Waals surface area contributed by atoms with Gasteiger partial charge in [-0.25, -0.2) is 0 Å². The van der Waals surface area contributed by atoms with Gasteiger partial charge in [-0.1, -0.05) is 6.92 Å². The minimum absolute atomic E-state index is 0.0374. The molecule has 0 bridgehead atoms. The van der Waals surface area contributed by atoms with Gasteiger partial charge in [0.05, 0.1) is 23.1 Å². The predicted molar refractivity (Wildman–Crippen MR) is 116 cm³/mol. The van der Waals surface area contributed by atoms with Crippen LogP contribution in [0.1, 0.15) is 50.2 Å². The summed E-state index contributed by atoms with van der Waals surface area (Å²) in [4.78, 5) is 31.4.